The second-order valence-corrected chi connectivity index (χ2v) is 5.66. The molecule has 0 radical (unpaired) electrons. The summed E-state index contributed by atoms with van der Waals surface area (Å²) in [7, 11) is 0. The van der Waals surface area contributed by atoms with Gasteiger partial charge >= 0.3 is 0 Å². The van der Waals surface area contributed by atoms with Gasteiger partial charge in [0, 0.05) is 16.0 Å². The highest BCUT2D eigenvalue weighted by Gasteiger charge is 2.18. The third-order valence-electron chi connectivity index (χ3n) is 3.27. The Hall–Kier alpha value is -2.03. The van der Waals surface area contributed by atoms with E-state index in [4.69, 9.17) is 10.2 Å². The van der Waals surface area contributed by atoms with Crippen molar-refractivity contribution < 1.29 is 9.21 Å². The monoisotopic (exact) mass is 302 g/mol. The SMILES string of the molecule is Cc1oc(C)c(C(=O)NCc2sccc2C#CCN)c1C. The van der Waals surface area contributed by atoms with Gasteiger partial charge < -0.3 is 15.5 Å². The van der Waals surface area contributed by atoms with Crippen molar-refractivity contribution >= 4 is 17.2 Å². The summed E-state index contributed by atoms with van der Waals surface area (Å²) in [5.41, 5.74) is 7.81. The number of nitrogens with two attached hydrogens (primary N) is 1. The number of nitrogens with one attached hydrogen (secondary N) is 1. The van der Waals surface area contributed by atoms with Crippen molar-refractivity contribution in [2.45, 2.75) is 27.3 Å². The van der Waals surface area contributed by atoms with Crippen LogP contribution in [0.2, 0.25) is 0 Å². The minimum Gasteiger partial charge on any atom is -0.466 e. The highest BCUT2D eigenvalue weighted by atomic mass is 32.1. The lowest BCUT2D eigenvalue weighted by molar-refractivity contribution is 0.0949. The molecule has 21 heavy (non-hydrogen) atoms. The molecule has 0 atom stereocenters. The fourth-order valence-corrected chi connectivity index (χ4v) is 2.88. The molecule has 4 nitrogen and oxygen atoms in total. The Balaban J connectivity index is 2.10. The van der Waals surface area contributed by atoms with Crippen LogP contribution in [0.5, 0.6) is 0 Å². The zero-order valence-electron chi connectivity index (χ0n) is 12.4. The normalized spacial score (nSPS) is 10.1. The summed E-state index contributed by atoms with van der Waals surface area (Å²) in [6, 6.07) is 1.94. The second-order valence-electron chi connectivity index (χ2n) is 4.66. The van der Waals surface area contributed by atoms with Crippen molar-refractivity contribution in [2.75, 3.05) is 6.54 Å². The summed E-state index contributed by atoms with van der Waals surface area (Å²) >= 11 is 1.57. The predicted molar refractivity (Wildman–Crippen MR) is 84.3 cm³/mol. The fourth-order valence-electron chi connectivity index (χ4n) is 2.11. The van der Waals surface area contributed by atoms with Gasteiger partial charge in [-0.05, 0) is 32.2 Å². The average molecular weight is 302 g/mol. The van der Waals surface area contributed by atoms with E-state index in [-0.39, 0.29) is 5.91 Å². The van der Waals surface area contributed by atoms with Crippen molar-refractivity contribution in [3.8, 4) is 11.8 Å². The molecule has 2 heterocycles. The smallest absolute Gasteiger partial charge is 0.255 e. The molecule has 0 saturated carbocycles. The van der Waals surface area contributed by atoms with Crippen molar-refractivity contribution in [3.05, 3.63) is 44.5 Å². The number of furan rings is 1. The Kier molecular flexibility index (Phi) is 4.84. The quantitative estimate of drug-likeness (QED) is 0.856. The molecule has 2 aromatic heterocycles. The van der Waals surface area contributed by atoms with Gasteiger partial charge in [-0.15, -0.1) is 11.3 Å². The Labute approximate surface area is 128 Å². The Morgan fingerprint density at radius 1 is 1.38 bits per heavy atom. The van der Waals surface area contributed by atoms with Crippen molar-refractivity contribution in [3.63, 3.8) is 0 Å². The van der Waals surface area contributed by atoms with Gasteiger partial charge in [0.1, 0.15) is 11.5 Å². The van der Waals surface area contributed by atoms with Crippen molar-refractivity contribution in [2.24, 2.45) is 5.73 Å². The first kappa shape index (κ1) is 15.4. The van der Waals surface area contributed by atoms with Crippen LogP contribution in [0.1, 0.15) is 37.9 Å². The minimum atomic E-state index is -0.118. The van der Waals surface area contributed by atoms with Crippen LogP contribution in [0, 0.1) is 32.6 Å². The third kappa shape index (κ3) is 3.35. The molecule has 0 aliphatic heterocycles. The number of hydrogen-bond donors (Lipinski definition) is 2. The van der Waals surface area contributed by atoms with Crippen LogP contribution in [0.25, 0.3) is 0 Å². The Morgan fingerprint density at radius 2 is 2.14 bits per heavy atom. The maximum atomic E-state index is 12.3. The first-order valence-corrected chi connectivity index (χ1v) is 7.52. The van der Waals surface area contributed by atoms with Crippen molar-refractivity contribution in [1.82, 2.24) is 5.32 Å². The van der Waals surface area contributed by atoms with E-state index in [1.165, 1.54) is 0 Å². The highest BCUT2D eigenvalue weighted by molar-refractivity contribution is 7.10. The molecule has 0 aliphatic carbocycles. The zero-order valence-corrected chi connectivity index (χ0v) is 13.2. The maximum absolute atomic E-state index is 12.3. The summed E-state index contributed by atoms with van der Waals surface area (Å²) in [6.45, 7) is 6.34. The molecular formula is C16H18N2O2S. The van der Waals surface area contributed by atoms with Crippen LogP contribution in [0.15, 0.2) is 15.9 Å². The van der Waals surface area contributed by atoms with E-state index in [0.717, 1.165) is 21.8 Å². The molecule has 3 N–H and O–H groups in total. The number of carbonyl (C=O) groups is 1. The van der Waals surface area contributed by atoms with Gasteiger partial charge in [0.05, 0.1) is 18.7 Å². The zero-order chi connectivity index (χ0) is 15.4. The Bertz CT molecular complexity index is 716. The lowest BCUT2D eigenvalue weighted by atomic mass is 10.1. The van der Waals surface area contributed by atoms with Crippen LogP contribution < -0.4 is 11.1 Å². The summed E-state index contributed by atoms with van der Waals surface area (Å²) in [6.07, 6.45) is 0. The number of aryl methyl sites for hydroxylation is 2. The number of hydrogen-bond acceptors (Lipinski definition) is 4. The van der Waals surface area contributed by atoms with Gasteiger partial charge in [0.25, 0.3) is 5.91 Å². The molecule has 5 heteroatoms. The van der Waals surface area contributed by atoms with E-state index in [9.17, 15) is 4.79 Å². The third-order valence-corrected chi connectivity index (χ3v) is 4.19. The van der Waals surface area contributed by atoms with Gasteiger partial charge in [-0.3, -0.25) is 4.79 Å². The summed E-state index contributed by atoms with van der Waals surface area (Å²) < 4.78 is 5.49. The van der Waals surface area contributed by atoms with Gasteiger partial charge in [0.2, 0.25) is 0 Å². The predicted octanol–water partition coefficient (Wildman–Crippen LogP) is 2.51. The lowest BCUT2D eigenvalue weighted by Gasteiger charge is -2.04. The van der Waals surface area contributed by atoms with Crippen LogP contribution in [-0.4, -0.2) is 12.5 Å². The Morgan fingerprint density at radius 3 is 2.76 bits per heavy atom. The maximum Gasteiger partial charge on any atom is 0.255 e. The summed E-state index contributed by atoms with van der Waals surface area (Å²) in [5, 5.41) is 4.88. The highest BCUT2D eigenvalue weighted by Crippen LogP contribution is 2.21. The fraction of sp³-hybridized carbons (Fsp3) is 0.312. The van der Waals surface area contributed by atoms with Gasteiger partial charge in [-0.1, -0.05) is 11.8 Å². The van der Waals surface area contributed by atoms with E-state index in [0.29, 0.717) is 24.4 Å². The molecule has 0 bridgehead atoms. The van der Waals surface area contributed by atoms with Gasteiger partial charge in [-0.2, -0.15) is 0 Å². The lowest BCUT2D eigenvalue weighted by Crippen LogP contribution is -2.23. The van der Waals surface area contributed by atoms with E-state index < -0.39 is 0 Å². The van der Waals surface area contributed by atoms with Gasteiger partial charge in [0.15, 0.2) is 0 Å². The molecule has 110 valence electrons. The average Bonchev–Trinajstić information content (AvgIpc) is 2.99. The first-order chi connectivity index (χ1) is 10.0. The molecule has 0 fully saturated rings. The minimum absolute atomic E-state index is 0.118. The molecule has 0 aromatic carbocycles. The standard InChI is InChI=1S/C16H18N2O2S/c1-10-11(2)20-12(3)15(10)16(19)18-9-14-13(5-4-7-17)6-8-21-14/h6,8H,7,9,17H2,1-3H3,(H,18,19). The topological polar surface area (TPSA) is 68.3 Å². The van der Waals surface area contributed by atoms with Crippen molar-refractivity contribution in [1.29, 1.82) is 0 Å². The molecular weight excluding hydrogens is 284 g/mol. The number of carbonyl (C=O) groups excluding carboxylic acids is 1. The number of amides is 1. The number of thiophene rings is 1. The van der Waals surface area contributed by atoms with Crippen LogP contribution in [0.4, 0.5) is 0 Å². The summed E-state index contributed by atoms with van der Waals surface area (Å²) in [5.74, 6) is 7.15. The largest absolute Gasteiger partial charge is 0.466 e. The van der Waals surface area contributed by atoms with E-state index in [2.05, 4.69) is 17.2 Å². The first-order valence-electron chi connectivity index (χ1n) is 6.64. The van der Waals surface area contributed by atoms with E-state index in [1.54, 1.807) is 18.3 Å². The van der Waals surface area contributed by atoms with E-state index >= 15 is 0 Å². The molecule has 2 rings (SSSR count). The number of rotatable bonds is 3. The van der Waals surface area contributed by atoms with Crippen LogP contribution in [-0.2, 0) is 6.54 Å². The molecule has 0 aliphatic rings. The summed E-state index contributed by atoms with van der Waals surface area (Å²) in [4.78, 5) is 13.3. The molecule has 0 unspecified atom stereocenters. The second kappa shape index (κ2) is 6.61. The molecule has 0 saturated heterocycles. The molecule has 0 spiro atoms. The molecule has 2 aromatic rings. The van der Waals surface area contributed by atoms with Crippen LogP contribution >= 0.6 is 11.3 Å². The molecule has 1 amide bonds. The van der Waals surface area contributed by atoms with Gasteiger partial charge in [-0.25, -0.2) is 0 Å². The van der Waals surface area contributed by atoms with Crippen LogP contribution in [0.3, 0.4) is 0 Å². The van der Waals surface area contributed by atoms with E-state index in [1.807, 2.05) is 25.3 Å².